The molecule has 0 spiro atoms. The molecule has 0 unspecified atom stereocenters. The second-order valence-corrected chi connectivity index (χ2v) is 7.86. The van der Waals surface area contributed by atoms with Crippen LogP contribution in [0.1, 0.15) is 30.1 Å². The van der Waals surface area contributed by atoms with Crippen molar-refractivity contribution in [2.45, 2.75) is 31.8 Å². The molecule has 1 aliphatic rings. The van der Waals surface area contributed by atoms with Gasteiger partial charge in [0, 0.05) is 14.1 Å². The van der Waals surface area contributed by atoms with E-state index in [1.807, 2.05) is 37.6 Å². The van der Waals surface area contributed by atoms with Gasteiger partial charge in [-0.1, -0.05) is 24.3 Å². The number of hydrogen-bond donors (Lipinski definition) is 1. The van der Waals surface area contributed by atoms with Crippen molar-refractivity contribution in [1.29, 1.82) is 0 Å². The molecule has 1 saturated heterocycles. The quantitative estimate of drug-likeness (QED) is 0.482. The van der Waals surface area contributed by atoms with Crippen molar-refractivity contribution in [2.75, 3.05) is 20.6 Å². The fourth-order valence-electron chi connectivity index (χ4n) is 3.34. The van der Waals surface area contributed by atoms with Crippen LogP contribution in [0, 0.1) is 6.92 Å². The summed E-state index contributed by atoms with van der Waals surface area (Å²) in [5.74, 6) is -0.557. The topological polar surface area (TPSA) is 82.6 Å². The number of thiazole rings is 1. The van der Waals surface area contributed by atoms with Crippen molar-refractivity contribution >= 4 is 29.6 Å². The number of rotatable bonds is 6. The molecule has 2 heterocycles. The zero-order valence-electron chi connectivity index (χ0n) is 16.4. The largest absolute Gasteiger partial charge is 0.520 e. The van der Waals surface area contributed by atoms with Crippen LogP contribution in [0.15, 0.2) is 29.8 Å². The van der Waals surface area contributed by atoms with Crippen molar-refractivity contribution in [1.82, 2.24) is 20.1 Å². The van der Waals surface area contributed by atoms with Crippen LogP contribution in [0.3, 0.4) is 0 Å². The van der Waals surface area contributed by atoms with Gasteiger partial charge in [-0.05, 0) is 37.4 Å². The van der Waals surface area contributed by atoms with Crippen LogP contribution < -0.4 is 5.32 Å². The molecule has 2 aromatic rings. The van der Waals surface area contributed by atoms with Gasteiger partial charge in [0.1, 0.15) is 6.04 Å². The maximum Gasteiger partial charge on any atom is 0.249 e. The maximum atomic E-state index is 12.7. The van der Waals surface area contributed by atoms with Crippen LogP contribution in [0.2, 0.25) is 0 Å². The Bertz CT molecular complexity index is 869. The van der Waals surface area contributed by atoms with Crippen molar-refractivity contribution in [2.24, 2.45) is 0 Å². The molecule has 1 aliphatic heterocycles. The van der Waals surface area contributed by atoms with E-state index in [4.69, 9.17) is 0 Å². The first-order valence-corrected chi connectivity index (χ1v) is 9.96. The van der Waals surface area contributed by atoms with Crippen LogP contribution in [0.5, 0.6) is 0 Å². The number of hydrogen-bond acceptors (Lipinski definition) is 5. The minimum Gasteiger partial charge on any atom is -0.520 e. The van der Waals surface area contributed by atoms with E-state index in [2.05, 4.69) is 10.3 Å². The molecule has 2 atom stereocenters. The Morgan fingerprint density at radius 2 is 2.00 bits per heavy atom. The SMILES string of the molecule is Cc1ncsc1-c1ccc([C@@H](NC(=O)[C@@H]2CCCN2[C-]=O)C(=O)N(C)C)cc1.[Fm]. The van der Waals surface area contributed by atoms with Crippen molar-refractivity contribution < 1.29 is 14.4 Å². The van der Waals surface area contributed by atoms with Crippen molar-refractivity contribution in [3.8, 4) is 10.4 Å². The molecule has 3 rings (SSSR count). The normalized spacial score (nSPS) is 16.7. The van der Waals surface area contributed by atoms with Crippen LogP contribution >= 0.6 is 11.3 Å². The fraction of sp³-hybridized carbons (Fsp3) is 0.400. The number of likely N-dealkylation sites (tertiary alicyclic amines) is 1. The van der Waals surface area contributed by atoms with E-state index in [0.29, 0.717) is 18.5 Å². The Balaban J connectivity index is 0.00000300. The molecule has 1 N–H and O–H groups in total. The summed E-state index contributed by atoms with van der Waals surface area (Å²) >= 11 is 1.56. The number of amides is 3. The average molecular weight is 656 g/mol. The number of likely N-dealkylation sites (N-methyl/N-ethyl adjacent to an activating group) is 1. The van der Waals surface area contributed by atoms with Gasteiger partial charge in [0.25, 0.3) is 0 Å². The Hall–Kier alpha value is -3.74. The van der Waals surface area contributed by atoms with Gasteiger partial charge >= 0.3 is 0 Å². The number of nitrogens with one attached hydrogen (secondary N) is 1. The van der Waals surface area contributed by atoms with E-state index in [-0.39, 0.29) is 11.8 Å². The molecule has 7 nitrogen and oxygen atoms in total. The summed E-state index contributed by atoms with van der Waals surface area (Å²) in [4.78, 5) is 44.6. The Kier molecular flexibility index (Phi) is 6.67. The standard InChI is InChI=1S/C20H23N4O3S.Fm/c1-13-18(28-11-21-13)15-8-6-14(7-9-15)17(20(27)23(2)3)22-19(26)16-5-4-10-24(16)12-25;/h6-9,11,16-17H,4-5,10H2,1-3H3,(H,22,26);/q-1;/t16-,17+;/m0./s1. The van der Waals surface area contributed by atoms with E-state index in [0.717, 1.165) is 22.6 Å². The van der Waals surface area contributed by atoms with Gasteiger partial charge in [0.05, 0.1) is 22.1 Å². The summed E-state index contributed by atoms with van der Waals surface area (Å²) in [6.07, 6.45) is 3.14. The number of carbonyl (C=O) groups excluding carboxylic acids is 3. The summed E-state index contributed by atoms with van der Waals surface area (Å²) < 4.78 is 0. The van der Waals surface area contributed by atoms with E-state index < -0.39 is 12.1 Å². The predicted octanol–water partition coefficient (Wildman–Crippen LogP) is 1.90. The van der Waals surface area contributed by atoms with Crippen molar-refractivity contribution in [3.63, 3.8) is 0 Å². The third kappa shape index (κ3) is 4.40. The summed E-state index contributed by atoms with van der Waals surface area (Å²) in [5, 5.41) is 2.83. The predicted molar refractivity (Wildman–Crippen MR) is 107 cm³/mol. The fourth-order valence-corrected chi connectivity index (χ4v) is 4.15. The van der Waals surface area contributed by atoms with Gasteiger partial charge in [-0.3, -0.25) is 9.59 Å². The zero-order valence-corrected chi connectivity index (χ0v) is 19.6. The molecule has 0 aliphatic carbocycles. The van der Waals surface area contributed by atoms with Crippen LogP contribution in [0.4, 0.5) is 0 Å². The van der Waals surface area contributed by atoms with Gasteiger partial charge in [-0.15, -0.1) is 11.3 Å². The molecule has 3 amide bonds. The molecule has 0 saturated carbocycles. The number of carbonyl (C=O) groups is 2. The van der Waals surface area contributed by atoms with Gasteiger partial charge in [-0.25, -0.2) is 4.98 Å². The summed E-state index contributed by atoms with van der Waals surface area (Å²) in [5.41, 5.74) is 4.47. The van der Waals surface area contributed by atoms with E-state index >= 15 is 0 Å². The third-order valence-corrected chi connectivity index (χ3v) is 5.88. The number of nitrogens with zero attached hydrogens (tertiary/aromatic N) is 3. The van der Waals surface area contributed by atoms with Gasteiger partial charge < -0.3 is 19.9 Å². The molecule has 0 radical (unpaired) electrons. The van der Waals surface area contributed by atoms with E-state index in [1.165, 1.54) is 9.80 Å². The molecule has 9 heteroatoms. The first kappa shape index (κ1) is 21.6. The number of aromatic nitrogens is 1. The Morgan fingerprint density at radius 3 is 2.55 bits per heavy atom. The van der Waals surface area contributed by atoms with Crippen molar-refractivity contribution in [3.05, 3.63) is 41.0 Å². The molecule has 1 aromatic carbocycles. The molecular weight excluding hydrogens is 633 g/mol. The zero-order chi connectivity index (χ0) is 20.3. The molecule has 1 aromatic heterocycles. The molecule has 160 valence electrons. The van der Waals surface area contributed by atoms with Crippen LogP contribution in [0.25, 0.3) is 10.4 Å². The molecule has 0 bridgehead atoms. The maximum absolute atomic E-state index is 12.7. The monoisotopic (exact) mass is 656 g/mol. The van der Waals surface area contributed by atoms with E-state index in [9.17, 15) is 14.4 Å². The van der Waals surface area contributed by atoms with Gasteiger partial charge in [-0.2, -0.15) is 6.41 Å². The Morgan fingerprint density at radius 1 is 1.31 bits per heavy atom. The molecular formula is C20H23FmN4O3S-. The summed E-state index contributed by atoms with van der Waals surface area (Å²) in [7, 11) is 3.30. The number of aryl methyl sites for hydroxylation is 1. The summed E-state index contributed by atoms with van der Waals surface area (Å²) in [6, 6.07) is 6.17. The minimum absolute atomic E-state index is 0. The average Bonchev–Trinajstić information content (AvgIpc) is 3.34. The first-order chi connectivity index (χ1) is 13.4. The first-order valence-electron chi connectivity index (χ1n) is 9.08. The number of benzene rings is 1. The smallest absolute Gasteiger partial charge is 0.249 e. The molecule has 29 heavy (non-hydrogen) atoms. The second-order valence-electron chi connectivity index (χ2n) is 7.01. The van der Waals surface area contributed by atoms with Gasteiger partial charge in [0.2, 0.25) is 11.8 Å². The minimum atomic E-state index is -0.812. The van der Waals surface area contributed by atoms with Crippen LogP contribution in [-0.4, -0.2) is 59.7 Å². The summed E-state index contributed by atoms with van der Waals surface area (Å²) in [6.45, 7) is 2.46. The van der Waals surface area contributed by atoms with Gasteiger partial charge in [0.15, 0.2) is 0 Å². The van der Waals surface area contributed by atoms with E-state index in [1.54, 1.807) is 30.9 Å². The Labute approximate surface area is 168 Å². The molecule has 1 fully saturated rings. The second kappa shape index (κ2) is 8.97. The van der Waals surface area contributed by atoms with Crippen LogP contribution in [-0.2, 0) is 14.4 Å². The third-order valence-electron chi connectivity index (χ3n) is 4.90.